The number of carbonyl (C=O) groups excluding carboxylic acids is 2. The number of nitrogens with zero attached hydrogens (tertiary/aromatic N) is 7. The van der Waals surface area contributed by atoms with Crippen LogP contribution in [0.2, 0.25) is 0 Å². The molecule has 2 bridgehead atoms. The maximum absolute atomic E-state index is 14.2. The monoisotopic (exact) mass is 709 g/mol. The Balaban J connectivity index is 1.19. The van der Waals surface area contributed by atoms with Crippen molar-refractivity contribution < 1.29 is 37.0 Å². The first-order valence-electron chi connectivity index (χ1n) is 16.2. The highest BCUT2D eigenvalue weighted by Gasteiger charge is 2.79. The lowest BCUT2D eigenvalue weighted by atomic mass is 9.39. The Morgan fingerprint density at radius 2 is 1.84 bits per heavy atom. The van der Waals surface area contributed by atoms with Crippen molar-refractivity contribution in [3.8, 4) is 11.6 Å². The number of hydrogen-bond acceptors (Lipinski definition) is 12. The van der Waals surface area contributed by atoms with Gasteiger partial charge in [-0.1, -0.05) is 6.92 Å². The van der Waals surface area contributed by atoms with Crippen LogP contribution in [0.4, 0.5) is 36.1 Å². The van der Waals surface area contributed by atoms with Gasteiger partial charge in [0.1, 0.15) is 34.9 Å². The van der Waals surface area contributed by atoms with Gasteiger partial charge in [-0.2, -0.15) is 18.3 Å². The molecule has 1 aromatic carbocycles. The molecule has 3 saturated carbocycles. The third-order valence-electron chi connectivity index (χ3n) is 10.0. The first-order chi connectivity index (χ1) is 24.3. The first kappa shape index (κ1) is 33.8. The molecule has 8 rings (SSSR count). The van der Waals surface area contributed by atoms with E-state index in [1.807, 2.05) is 0 Å². The molecule has 4 aromatic rings. The minimum absolute atomic E-state index is 0.0196. The molecule has 4 N–H and O–H groups in total. The number of fused-ring (bicyclic) bond motifs is 1. The molecule has 0 atom stereocenters. The molecule has 4 aliphatic rings. The summed E-state index contributed by atoms with van der Waals surface area (Å²) in [5.41, 5.74) is 4.54. The SMILES string of the molecule is CCc1c(N2CCN(C(=O)c3c(O)ccc4ncoc34)CC2)c(=O)c(N=Nc2ccnc(OC)c2)c(N)n1CC(=O)NC12CC(C(F)(F)F)(C1)C2. The van der Waals surface area contributed by atoms with Gasteiger partial charge in [-0.25, -0.2) is 9.97 Å². The fourth-order valence-electron chi connectivity index (χ4n) is 7.52. The van der Waals surface area contributed by atoms with Crippen molar-refractivity contribution in [2.24, 2.45) is 15.6 Å². The fourth-order valence-corrected chi connectivity index (χ4v) is 7.52. The lowest BCUT2D eigenvalue weighted by Crippen LogP contribution is -2.78. The van der Waals surface area contributed by atoms with E-state index in [1.54, 1.807) is 17.9 Å². The number of benzene rings is 1. The summed E-state index contributed by atoms with van der Waals surface area (Å²) in [5, 5.41) is 21.7. The highest BCUT2D eigenvalue weighted by Crippen LogP contribution is 2.73. The van der Waals surface area contributed by atoms with Crippen molar-refractivity contribution in [3.63, 3.8) is 0 Å². The Kier molecular flexibility index (Phi) is 8.13. The number of anilines is 2. The standard InChI is InChI=1S/C33H34F3N9O6/c1-3-20-26(43-8-10-44(11-9-43)30(49)24-21(46)5-4-19-28(24)51-17-39-19)27(48)25(42-41-18-6-7-38-23(12-18)50-2)29(37)45(20)13-22(47)40-32-14-31(15-32,16-32)33(34,35)36/h4-7,12,17,46H,3,8-11,13-16,37H2,1-2H3,(H,40,47). The highest BCUT2D eigenvalue weighted by atomic mass is 19.4. The van der Waals surface area contributed by atoms with E-state index in [-0.39, 0.29) is 98.4 Å². The number of phenolic OH excluding ortho intramolecular Hbond substituents is 1. The van der Waals surface area contributed by atoms with E-state index in [0.29, 0.717) is 16.9 Å². The molecule has 0 radical (unpaired) electrons. The molecule has 2 amide bonds. The van der Waals surface area contributed by atoms with Crippen LogP contribution in [0.5, 0.6) is 11.6 Å². The molecule has 0 unspecified atom stereocenters. The van der Waals surface area contributed by atoms with Crippen molar-refractivity contribution in [1.29, 1.82) is 0 Å². The van der Waals surface area contributed by atoms with Crippen LogP contribution in [0.15, 0.2) is 56.3 Å². The quantitative estimate of drug-likeness (QED) is 0.212. The fraction of sp³-hybridized carbons (Fsp3) is 0.424. The molecule has 268 valence electrons. The number of hydrogen-bond donors (Lipinski definition) is 3. The van der Waals surface area contributed by atoms with E-state index in [2.05, 4.69) is 25.5 Å². The average molecular weight is 710 g/mol. The van der Waals surface area contributed by atoms with Gasteiger partial charge in [-0.05, 0) is 43.9 Å². The number of nitrogens with two attached hydrogens (primary N) is 1. The molecule has 3 aliphatic carbocycles. The number of piperazine rings is 1. The number of methoxy groups -OCH3 is 1. The van der Waals surface area contributed by atoms with E-state index >= 15 is 0 Å². The highest BCUT2D eigenvalue weighted by molar-refractivity contribution is 6.06. The number of amides is 2. The summed E-state index contributed by atoms with van der Waals surface area (Å²) < 4.78 is 52.3. The molecular formula is C33H34F3N9O6. The van der Waals surface area contributed by atoms with E-state index in [9.17, 15) is 32.7 Å². The number of aromatic hydroxyl groups is 1. The predicted octanol–water partition coefficient (Wildman–Crippen LogP) is 4.22. The number of rotatable bonds is 9. The summed E-state index contributed by atoms with van der Waals surface area (Å²) in [6.45, 7) is 2.11. The second kappa shape index (κ2) is 12.3. The number of pyridine rings is 2. The van der Waals surface area contributed by atoms with Crippen LogP contribution in [0.3, 0.4) is 0 Å². The number of oxazole rings is 1. The molecule has 3 aromatic heterocycles. The van der Waals surface area contributed by atoms with E-state index in [0.717, 1.165) is 0 Å². The maximum Gasteiger partial charge on any atom is 0.394 e. The third kappa shape index (κ3) is 5.67. The van der Waals surface area contributed by atoms with Crippen molar-refractivity contribution in [2.75, 3.05) is 43.9 Å². The number of carbonyl (C=O) groups is 2. The summed E-state index contributed by atoms with van der Waals surface area (Å²) >= 11 is 0. The van der Waals surface area contributed by atoms with Crippen LogP contribution < -0.4 is 26.1 Å². The topological polar surface area (TPSA) is 194 Å². The lowest BCUT2D eigenvalue weighted by molar-refractivity contribution is -0.337. The number of ether oxygens (including phenoxy) is 1. The molecule has 1 saturated heterocycles. The van der Waals surface area contributed by atoms with Gasteiger partial charge in [0.05, 0.1) is 18.2 Å². The Bertz CT molecular complexity index is 2120. The number of aromatic nitrogens is 3. The summed E-state index contributed by atoms with van der Waals surface area (Å²) in [4.78, 5) is 52.5. The van der Waals surface area contributed by atoms with E-state index in [1.165, 1.54) is 47.4 Å². The summed E-state index contributed by atoms with van der Waals surface area (Å²) in [7, 11) is 1.43. The zero-order chi connectivity index (χ0) is 36.3. The normalized spacial score (nSPS) is 21.4. The van der Waals surface area contributed by atoms with Gasteiger partial charge in [0.2, 0.25) is 17.2 Å². The average Bonchev–Trinajstić information content (AvgIpc) is 3.55. The summed E-state index contributed by atoms with van der Waals surface area (Å²) in [6, 6.07) is 5.95. The Labute approximate surface area is 287 Å². The Morgan fingerprint density at radius 1 is 1.12 bits per heavy atom. The summed E-state index contributed by atoms with van der Waals surface area (Å²) in [6.07, 6.45) is -1.98. The smallest absolute Gasteiger partial charge is 0.394 e. The first-order valence-corrected chi connectivity index (χ1v) is 16.2. The van der Waals surface area contributed by atoms with Gasteiger partial charge in [0.25, 0.3) is 5.91 Å². The van der Waals surface area contributed by atoms with Crippen LogP contribution >= 0.6 is 0 Å². The molecule has 4 fully saturated rings. The number of nitrogen functional groups attached to an aromatic ring is 1. The second-order valence-electron chi connectivity index (χ2n) is 13.1. The minimum atomic E-state index is -4.33. The van der Waals surface area contributed by atoms with Gasteiger partial charge in [0, 0.05) is 49.7 Å². The summed E-state index contributed by atoms with van der Waals surface area (Å²) in [5.74, 6) is -1.17. The van der Waals surface area contributed by atoms with Crippen LogP contribution in [0.1, 0.15) is 42.2 Å². The molecule has 15 nitrogen and oxygen atoms in total. The van der Waals surface area contributed by atoms with E-state index in [4.69, 9.17) is 14.9 Å². The van der Waals surface area contributed by atoms with Gasteiger partial charge in [0.15, 0.2) is 17.7 Å². The van der Waals surface area contributed by atoms with E-state index < -0.39 is 34.4 Å². The van der Waals surface area contributed by atoms with Crippen LogP contribution in [0.25, 0.3) is 11.1 Å². The molecule has 1 aliphatic heterocycles. The number of halogens is 3. The Hall–Kier alpha value is -5.68. The minimum Gasteiger partial charge on any atom is -0.507 e. The van der Waals surface area contributed by atoms with Gasteiger partial charge < -0.3 is 39.7 Å². The lowest BCUT2D eigenvalue weighted by Gasteiger charge is -2.70. The van der Waals surface area contributed by atoms with Crippen molar-refractivity contribution in [2.45, 2.75) is 50.9 Å². The van der Waals surface area contributed by atoms with Crippen molar-refractivity contribution in [1.82, 2.24) is 24.8 Å². The van der Waals surface area contributed by atoms with Gasteiger partial charge >= 0.3 is 6.18 Å². The number of alkyl halides is 3. The number of phenols is 1. The zero-order valence-corrected chi connectivity index (χ0v) is 27.7. The predicted molar refractivity (Wildman–Crippen MR) is 176 cm³/mol. The second-order valence-corrected chi connectivity index (χ2v) is 13.1. The van der Waals surface area contributed by atoms with Crippen LogP contribution in [0, 0.1) is 5.41 Å². The largest absolute Gasteiger partial charge is 0.507 e. The maximum atomic E-state index is 14.2. The van der Waals surface area contributed by atoms with Crippen molar-refractivity contribution >= 4 is 45.8 Å². The number of nitrogens with one attached hydrogen (secondary N) is 1. The molecule has 0 spiro atoms. The van der Waals surface area contributed by atoms with Crippen LogP contribution in [-0.2, 0) is 17.8 Å². The van der Waals surface area contributed by atoms with Gasteiger partial charge in [-0.3, -0.25) is 14.4 Å². The molecular weight excluding hydrogens is 675 g/mol. The number of azo groups is 1. The third-order valence-corrected chi connectivity index (χ3v) is 10.0. The van der Waals surface area contributed by atoms with Crippen LogP contribution in [-0.4, -0.2) is 81.4 Å². The van der Waals surface area contributed by atoms with Gasteiger partial charge in [-0.15, -0.1) is 5.11 Å². The molecule has 4 heterocycles. The zero-order valence-electron chi connectivity index (χ0n) is 27.7. The van der Waals surface area contributed by atoms with Crippen molar-refractivity contribution in [3.05, 3.63) is 58.3 Å². The molecule has 18 heteroatoms. The molecule has 51 heavy (non-hydrogen) atoms. The Morgan fingerprint density at radius 3 is 2.51 bits per heavy atom.